The lowest BCUT2D eigenvalue weighted by atomic mass is 9.99. The first-order valence-corrected chi connectivity index (χ1v) is 10.3. The fourth-order valence-corrected chi connectivity index (χ4v) is 3.87. The van der Waals surface area contributed by atoms with E-state index in [1.807, 2.05) is 0 Å². The third-order valence-electron chi connectivity index (χ3n) is 5.69. The van der Waals surface area contributed by atoms with Gasteiger partial charge in [0.2, 0.25) is 5.95 Å². The monoisotopic (exact) mass is 454 g/mol. The lowest BCUT2D eigenvalue weighted by Crippen LogP contribution is -2.42. The van der Waals surface area contributed by atoms with Crippen molar-refractivity contribution in [1.82, 2.24) is 9.55 Å². The smallest absolute Gasteiger partial charge is 0.263 e. The van der Waals surface area contributed by atoms with Crippen LogP contribution in [-0.4, -0.2) is 35.8 Å². The number of hydrogen-bond donors (Lipinski definition) is 1. The van der Waals surface area contributed by atoms with E-state index in [-0.39, 0.29) is 45.7 Å². The van der Waals surface area contributed by atoms with Crippen molar-refractivity contribution >= 4 is 5.95 Å². The molecule has 1 fully saturated rings. The van der Waals surface area contributed by atoms with E-state index in [9.17, 15) is 13.6 Å². The van der Waals surface area contributed by atoms with E-state index >= 15 is 0 Å². The van der Waals surface area contributed by atoms with Gasteiger partial charge < -0.3 is 15.4 Å². The molecule has 0 aliphatic carbocycles. The Kier molecular flexibility index (Phi) is 5.12. The van der Waals surface area contributed by atoms with Crippen molar-refractivity contribution in [2.24, 2.45) is 12.7 Å². The van der Waals surface area contributed by atoms with Crippen LogP contribution in [0.1, 0.15) is 22.5 Å². The van der Waals surface area contributed by atoms with E-state index in [1.165, 1.54) is 31.4 Å². The first kappa shape index (κ1) is 18.8. The molecule has 0 spiro atoms. The summed E-state index contributed by atoms with van der Waals surface area (Å²) in [6, 6.07) is 9.07. The van der Waals surface area contributed by atoms with Gasteiger partial charge in [-0.15, -0.1) is 0 Å². The van der Waals surface area contributed by atoms with E-state index in [1.54, 1.807) is 11.0 Å². The Morgan fingerprint density at radius 3 is 2.48 bits per heavy atom. The van der Waals surface area contributed by atoms with Crippen molar-refractivity contribution in [3.05, 3.63) is 63.9 Å². The average molecular weight is 454 g/mol. The normalized spacial score (nSPS) is 16.0. The number of nitrogens with two attached hydrogens (primary N) is 1. The number of nitriles is 1. The zero-order valence-corrected chi connectivity index (χ0v) is 17.8. The zero-order valence-electron chi connectivity index (χ0n) is 20.8. The molecule has 2 N–H and O–H groups in total. The molecule has 2 heterocycles. The molecule has 7 nitrogen and oxygen atoms in total. The van der Waals surface area contributed by atoms with Crippen LogP contribution in [-0.2, 0) is 6.98 Å². The average Bonchev–Trinajstić information content (AvgIpc) is 2.83. The Morgan fingerprint density at radius 2 is 1.88 bits per heavy atom. The Bertz CT molecular complexity index is 1410. The highest BCUT2D eigenvalue weighted by Gasteiger charge is 2.25. The summed E-state index contributed by atoms with van der Waals surface area (Å²) in [6.07, 6.45) is 1.12. The molecule has 1 aromatic heterocycles. The van der Waals surface area contributed by atoms with Gasteiger partial charge in [-0.05, 0) is 42.7 Å². The third kappa shape index (κ3) is 4.17. The first-order valence-electron chi connectivity index (χ1n) is 11.8. The lowest BCUT2D eigenvalue weighted by Gasteiger charge is -2.32. The molecule has 1 saturated heterocycles. The highest BCUT2D eigenvalue weighted by molar-refractivity contribution is 5.81. The van der Waals surface area contributed by atoms with Crippen LogP contribution < -0.4 is 20.9 Å². The van der Waals surface area contributed by atoms with E-state index < -0.39 is 24.2 Å². The van der Waals surface area contributed by atoms with Crippen LogP contribution in [0.5, 0.6) is 5.75 Å². The van der Waals surface area contributed by atoms with Gasteiger partial charge in [-0.3, -0.25) is 9.36 Å². The number of anilines is 1. The SMILES string of the molecule is [2H]C([2H])([2H])n1c(N2CCC(N)CC2)nc(-c2ccc(C#N)c(F)c2)c(-c2ccc(OC)c(F)c2)c1=O. The molecule has 0 amide bonds. The van der Waals surface area contributed by atoms with Crippen LogP contribution >= 0.6 is 0 Å². The van der Waals surface area contributed by atoms with Crippen molar-refractivity contribution in [1.29, 1.82) is 5.26 Å². The van der Waals surface area contributed by atoms with Crippen molar-refractivity contribution < 1.29 is 17.6 Å². The molecular weight excluding hydrogens is 428 g/mol. The highest BCUT2D eigenvalue weighted by Crippen LogP contribution is 2.33. The second kappa shape index (κ2) is 9.00. The predicted molar refractivity (Wildman–Crippen MR) is 121 cm³/mol. The van der Waals surface area contributed by atoms with Crippen molar-refractivity contribution in [2.75, 3.05) is 25.1 Å². The van der Waals surface area contributed by atoms with Crippen LogP contribution in [0, 0.1) is 23.0 Å². The largest absolute Gasteiger partial charge is 0.494 e. The van der Waals surface area contributed by atoms with E-state index in [0.29, 0.717) is 30.5 Å². The molecule has 170 valence electrons. The minimum absolute atomic E-state index is 0.0378. The van der Waals surface area contributed by atoms with Crippen LogP contribution in [0.3, 0.4) is 0 Å². The maximum Gasteiger partial charge on any atom is 0.263 e. The van der Waals surface area contributed by atoms with Gasteiger partial charge in [0.15, 0.2) is 11.6 Å². The number of halogens is 2. The summed E-state index contributed by atoms with van der Waals surface area (Å²) in [5.41, 5.74) is 4.73. The highest BCUT2D eigenvalue weighted by atomic mass is 19.1. The van der Waals surface area contributed by atoms with Crippen molar-refractivity contribution in [3.63, 3.8) is 0 Å². The van der Waals surface area contributed by atoms with Gasteiger partial charge >= 0.3 is 0 Å². The van der Waals surface area contributed by atoms with Crippen molar-refractivity contribution in [3.8, 4) is 34.2 Å². The molecule has 1 aliphatic heterocycles. The molecule has 0 bridgehead atoms. The van der Waals surface area contributed by atoms with E-state index in [4.69, 9.17) is 19.8 Å². The van der Waals surface area contributed by atoms with Crippen LogP contribution in [0.2, 0.25) is 0 Å². The Balaban J connectivity index is 2.06. The number of piperidine rings is 1. The van der Waals surface area contributed by atoms with Gasteiger partial charge in [-0.25, -0.2) is 13.8 Å². The summed E-state index contributed by atoms with van der Waals surface area (Å²) >= 11 is 0. The Labute approximate surface area is 193 Å². The number of aromatic nitrogens is 2. The van der Waals surface area contributed by atoms with Crippen molar-refractivity contribution in [2.45, 2.75) is 18.9 Å². The number of rotatable bonds is 4. The number of hydrogen-bond acceptors (Lipinski definition) is 6. The lowest BCUT2D eigenvalue weighted by molar-refractivity contribution is 0.386. The second-order valence-corrected chi connectivity index (χ2v) is 7.76. The molecule has 9 heteroatoms. The number of methoxy groups -OCH3 is 1. The molecule has 3 aromatic rings. The predicted octanol–water partition coefficient (Wildman–Crippen LogP) is 3.20. The molecular formula is C24H23F2N5O2. The fraction of sp³-hybridized carbons (Fsp3) is 0.292. The third-order valence-corrected chi connectivity index (χ3v) is 5.69. The minimum atomic E-state index is -2.91. The van der Waals surface area contributed by atoms with Gasteiger partial charge in [0, 0.05) is 35.8 Å². The summed E-state index contributed by atoms with van der Waals surface area (Å²) in [6.45, 7) is -2.18. The van der Waals surface area contributed by atoms with Gasteiger partial charge in [-0.1, -0.05) is 12.1 Å². The van der Waals surface area contributed by atoms with Gasteiger partial charge in [0.1, 0.15) is 11.9 Å². The number of ether oxygens (including phenoxy) is 1. The fourth-order valence-electron chi connectivity index (χ4n) is 3.87. The standard InChI is InChI=1S/C24H23F2N5O2/c1-30-23(32)21(14-5-6-20(33-2)19(26)11-14)22(15-3-4-16(13-27)18(25)12-15)29-24(30)31-9-7-17(28)8-10-31/h3-6,11-12,17H,7-10,28H2,1-2H3/i1D3. The molecule has 1 aliphatic rings. The van der Waals surface area contributed by atoms with E-state index in [2.05, 4.69) is 4.98 Å². The van der Waals surface area contributed by atoms with E-state index in [0.717, 1.165) is 12.1 Å². The van der Waals surface area contributed by atoms with Gasteiger partial charge in [-0.2, -0.15) is 5.26 Å². The first-order chi connectivity index (χ1) is 17.0. The Hall–Kier alpha value is -3.77. The molecule has 0 atom stereocenters. The Morgan fingerprint density at radius 1 is 1.18 bits per heavy atom. The van der Waals surface area contributed by atoms with Crippen LogP contribution in [0.15, 0.2) is 41.2 Å². The summed E-state index contributed by atoms with van der Waals surface area (Å²) in [4.78, 5) is 20.0. The minimum Gasteiger partial charge on any atom is -0.494 e. The molecule has 4 rings (SSSR count). The van der Waals surface area contributed by atoms with Crippen LogP contribution in [0.25, 0.3) is 22.4 Å². The summed E-state index contributed by atoms with van der Waals surface area (Å²) < 4.78 is 58.9. The summed E-state index contributed by atoms with van der Waals surface area (Å²) in [7, 11) is 1.28. The second-order valence-electron chi connectivity index (χ2n) is 7.76. The summed E-state index contributed by atoms with van der Waals surface area (Å²) in [5.74, 6) is -1.81. The van der Waals surface area contributed by atoms with Crippen LogP contribution in [0.4, 0.5) is 14.7 Å². The summed E-state index contributed by atoms with van der Waals surface area (Å²) in [5, 5.41) is 9.11. The molecule has 0 unspecified atom stereocenters. The molecule has 2 aromatic carbocycles. The van der Waals surface area contributed by atoms with Gasteiger partial charge in [0.25, 0.3) is 5.56 Å². The molecule has 0 radical (unpaired) electrons. The molecule has 0 saturated carbocycles. The number of benzene rings is 2. The van der Waals surface area contributed by atoms with Gasteiger partial charge in [0.05, 0.1) is 23.9 Å². The zero-order chi connectivity index (χ0) is 26.2. The quantitative estimate of drug-likeness (QED) is 0.650. The number of nitrogens with zero attached hydrogens (tertiary/aromatic N) is 4. The maximum atomic E-state index is 14.6. The molecule has 33 heavy (non-hydrogen) atoms. The maximum absolute atomic E-state index is 14.6. The topological polar surface area (TPSA) is 97.2 Å².